The Morgan fingerprint density at radius 3 is 2.32 bits per heavy atom. The quantitative estimate of drug-likeness (QED) is 0.787. The highest BCUT2D eigenvalue weighted by Gasteiger charge is 2.25. The zero-order valence-electron chi connectivity index (χ0n) is 15.1. The van der Waals surface area contributed by atoms with Gasteiger partial charge in [0.15, 0.2) is 6.10 Å². The van der Waals surface area contributed by atoms with Gasteiger partial charge in [-0.25, -0.2) is 0 Å². The van der Waals surface area contributed by atoms with Gasteiger partial charge in [0, 0.05) is 19.1 Å². The van der Waals surface area contributed by atoms with Crippen molar-refractivity contribution in [2.75, 3.05) is 19.0 Å². The number of carbonyl (C=O) groups is 2. The van der Waals surface area contributed by atoms with Crippen LogP contribution in [-0.2, 0) is 9.59 Å². The minimum Gasteiger partial charge on any atom is -0.481 e. The van der Waals surface area contributed by atoms with E-state index >= 15 is 0 Å². The molecule has 1 aromatic rings. The number of likely N-dealkylation sites (tertiary alicyclic amines) is 1. The Balaban J connectivity index is 1.79. The Bertz CT molecular complexity index is 581. The van der Waals surface area contributed by atoms with E-state index in [1.54, 1.807) is 11.8 Å². The molecule has 1 aliphatic heterocycles. The standard InChI is InChI=1S/C19H27ClN2O3/c1-13(2)15-4-6-17(7-5-15)25-14(3)19(24)21-16-8-10-22(11-9-16)18(23)12-20/h4-7,13-14,16H,8-12H2,1-3H3,(H,21,24). The second-order valence-electron chi connectivity index (χ2n) is 6.78. The molecule has 0 spiro atoms. The highest BCUT2D eigenvalue weighted by molar-refractivity contribution is 6.27. The summed E-state index contributed by atoms with van der Waals surface area (Å²) in [7, 11) is 0. The molecule has 0 saturated carbocycles. The lowest BCUT2D eigenvalue weighted by molar-refractivity contribution is -0.130. The number of hydrogen-bond donors (Lipinski definition) is 1. The van der Waals surface area contributed by atoms with E-state index in [4.69, 9.17) is 16.3 Å². The third kappa shape index (κ3) is 5.63. The number of halogens is 1. The lowest BCUT2D eigenvalue weighted by Crippen LogP contribution is -2.49. The topological polar surface area (TPSA) is 58.6 Å². The van der Waals surface area contributed by atoms with Crippen LogP contribution in [0.2, 0.25) is 0 Å². The molecule has 6 heteroatoms. The van der Waals surface area contributed by atoms with Gasteiger partial charge in [-0.05, 0) is 43.4 Å². The third-order valence-corrected chi connectivity index (χ3v) is 4.77. The number of benzene rings is 1. The lowest BCUT2D eigenvalue weighted by Gasteiger charge is -2.32. The van der Waals surface area contributed by atoms with Crippen molar-refractivity contribution in [1.29, 1.82) is 0 Å². The Morgan fingerprint density at radius 1 is 1.20 bits per heavy atom. The second-order valence-corrected chi connectivity index (χ2v) is 7.05. The van der Waals surface area contributed by atoms with E-state index in [1.165, 1.54) is 5.56 Å². The van der Waals surface area contributed by atoms with Crippen molar-refractivity contribution in [1.82, 2.24) is 10.2 Å². The maximum atomic E-state index is 12.3. The van der Waals surface area contributed by atoms with E-state index in [-0.39, 0.29) is 23.7 Å². The fraction of sp³-hybridized carbons (Fsp3) is 0.579. The molecule has 138 valence electrons. The van der Waals surface area contributed by atoms with Gasteiger partial charge < -0.3 is 15.0 Å². The van der Waals surface area contributed by atoms with E-state index in [1.807, 2.05) is 24.3 Å². The number of hydrogen-bond acceptors (Lipinski definition) is 3. The zero-order valence-corrected chi connectivity index (χ0v) is 15.9. The molecule has 25 heavy (non-hydrogen) atoms. The summed E-state index contributed by atoms with van der Waals surface area (Å²) >= 11 is 5.57. The molecule has 5 nitrogen and oxygen atoms in total. The minimum atomic E-state index is -0.563. The van der Waals surface area contributed by atoms with Gasteiger partial charge in [0.1, 0.15) is 11.6 Å². The van der Waals surface area contributed by atoms with Crippen LogP contribution >= 0.6 is 11.6 Å². The molecule has 1 heterocycles. The maximum absolute atomic E-state index is 12.3. The van der Waals surface area contributed by atoms with Crippen LogP contribution in [0.1, 0.15) is 45.1 Å². The zero-order chi connectivity index (χ0) is 18.4. The van der Waals surface area contributed by atoms with Crippen LogP contribution < -0.4 is 10.1 Å². The molecule has 0 aliphatic carbocycles. The Morgan fingerprint density at radius 2 is 1.80 bits per heavy atom. The van der Waals surface area contributed by atoms with Crippen LogP contribution in [0.3, 0.4) is 0 Å². The maximum Gasteiger partial charge on any atom is 0.260 e. The highest BCUT2D eigenvalue weighted by atomic mass is 35.5. The second kappa shape index (κ2) is 9.09. The monoisotopic (exact) mass is 366 g/mol. The van der Waals surface area contributed by atoms with Gasteiger partial charge in [-0.3, -0.25) is 9.59 Å². The van der Waals surface area contributed by atoms with Crippen LogP contribution in [0.15, 0.2) is 24.3 Å². The minimum absolute atomic E-state index is 0.0114. The number of piperidine rings is 1. The average Bonchev–Trinajstić information content (AvgIpc) is 2.62. The number of nitrogens with zero attached hydrogens (tertiary/aromatic N) is 1. The molecule has 2 rings (SSSR count). The summed E-state index contributed by atoms with van der Waals surface area (Å²) in [5.74, 6) is 0.987. The van der Waals surface area contributed by atoms with Gasteiger partial charge in [0.25, 0.3) is 5.91 Å². The molecule has 0 radical (unpaired) electrons. The van der Waals surface area contributed by atoms with Gasteiger partial charge in [-0.1, -0.05) is 26.0 Å². The van der Waals surface area contributed by atoms with Crippen LogP contribution in [0.5, 0.6) is 5.75 Å². The Hall–Kier alpha value is -1.75. The number of nitrogens with one attached hydrogen (secondary N) is 1. The van der Waals surface area contributed by atoms with E-state index in [0.29, 0.717) is 24.8 Å². The van der Waals surface area contributed by atoms with Gasteiger partial charge in [-0.2, -0.15) is 0 Å². The van der Waals surface area contributed by atoms with Gasteiger partial charge >= 0.3 is 0 Å². The summed E-state index contributed by atoms with van der Waals surface area (Å²) in [6.07, 6.45) is 0.918. The molecule has 1 aliphatic rings. The Kier molecular flexibility index (Phi) is 7.12. The molecule has 1 aromatic carbocycles. The highest BCUT2D eigenvalue weighted by Crippen LogP contribution is 2.19. The summed E-state index contributed by atoms with van der Waals surface area (Å²) in [6, 6.07) is 7.91. The van der Waals surface area contributed by atoms with Gasteiger partial charge in [0.2, 0.25) is 5.91 Å². The van der Waals surface area contributed by atoms with Crippen LogP contribution in [0.4, 0.5) is 0 Å². The fourth-order valence-corrected chi connectivity index (χ4v) is 3.03. The predicted octanol–water partition coefficient (Wildman–Crippen LogP) is 2.92. The first kappa shape index (κ1) is 19.6. The number of alkyl halides is 1. The van der Waals surface area contributed by atoms with Gasteiger partial charge in [-0.15, -0.1) is 11.6 Å². The molecular weight excluding hydrogens is 340 g/mol. The van der Waals surface area contributed by atoms with Crippen molar-refractivity contribution < 1.29 is 14.3 Å². The van der Waals surface area contributed by atoms with Crippen molar-refractivity contribution in [3.05, 3.63) is 29.8 Å². The summed E-state index contributed by atoms with van der Waals surface area (Å²) in [4.78, 5) is 25.6. The van der Waals surface area contributed by atoms with Crippen molar-refractivity contribution in [3.63, 3.8) is 0 Å². The molecule has 1 atom stereocenters. The van der Waals surface area contributed by atoms with Crippen molar-refractivity contribution >= 4 is 23.4 Å². The summed E-state index contributed by atoms with van der Waals surface area (Å²) < 4.78 is 5.74. The summed E-state index contributed by atoms with van der Waals surface area (Å²) in [5, 5.41) is 3.01. The van der Waals surface area contributed by atoms with Crippen molar-refractivity contribution in [2.45, 2.75) is 51.7 Å². The number of carbonyl (C=O) groups excluding carboxylic acids is 2. The number of amides is 2. The van der Waals surface area contributed by atoms with Crippen molar-refractivity contribution in [2.24, 2.45) is 0 Å². The van der Waals surface area contributed by atoms with Crippen LogP contribution in [-0.4, -0.2) is 47.8 Å². The molecular formula is C19H27ClN2O3. The SMILES string of the molecule is CC(Oc1ccc(C(C)C)cc1)C(=O)NC1CCN(C(=O)CCl)CC1. The first-order chi connectivity index (χ1) is 11.9. The summed E-state index contributed by atoms with van der Waals surface area (Å²) in [6.45, 7) is 7.28. The Labute approximate surface area is 154 Å². The molecule has 1 fully saturated rings. The number of rotatable bonds is 6. The van der Waals surface area contributed by atoms with Crippen molar-refractivity contribution in [3.8, 4) is 5.75 Å². The smallest absolute Gasteiger partial charge is 0.260 e. The normalized spacial score (nSPS) is 16.6. The molecule has 0 aromatic heterocycles. The first-order valence-electron chi connectivity index (χ1n) is 8.81. The van der Waals surface area contributed by atoms with E-state index in [2.05, 4.69) is 19.2 Å². The van der Waals surface area contributed by atoms with E-state index in [0.717, 1.165) is 12.8 Å². The van der Waals surface area contributed by atoms with Gasteiger partial charge in [0.05, 0.1) is 0 Å². The molecule has 2 amide bonds. The lowest BCUT2D eigenvalue weighted by atomic mass is 10.0. The predicted molar refractivity (Wildman–Crippen MR) is 99.1 cm³/mol. The molecule has 1 saturated heterocycles. The fourth-order valence-electron chi connectivity index (χ4n) is 2.87. The summed E-state index contributed by atoms with van der Waals surface area (Å²) in [5.41, 5.74) is 1.24. The van der Waals surface area contributed by atoms with Crippen LogP contribution in [0, 0.1) is 0 Å². The molecule has 1 unspecified atom stereocenters. The number of ether oxygens (including phenoxy) is 1. The van der Waals surface area contributed by atoms with E-state index in [9.17, 15) is 9.59 Å². The van der Waals surface area contributed by atoms with E-state index < -0.39 is 6.10 Å². The third-order valence-electron chi connectivity index (χ3n) is 4.54. The van der Waals surface area contributed by atoms with Crippen LogP contribution in [0.25, 0.3) is 0 Å². The molecule has 0 bridgehead atoms. The molecule has 1 N–H and O–H groups in total. The largest absolute Gasteiger partial charge is 0.481 e. The average molecular weight is 367 g/mol. The first-order valence-corrected chi connectivity index (χ1v) is 9.35.